The molecular formula is C22H38N2O5Sn. The Balaban J connectivity index is 3.63. The van der Waals surface area contributed by atoms with E-state index in [-0.39, 0.29) is 17.3 Å². The fraction of sp³-hybridized carbons (Fsp3) is 0.727. The summed E-state index contributed by atoms with van der Waals surface area (Å²) in [5.41, 5.74) is 0.134. The minimum absolute atomic E-state index is 0.0499. The molecular weight excluding hydrogens is 491 g/mol. The van der Waals surface area contributed by atoms with Gasteiger partial charge in [0.1, 0.15) is 0 Å². The van der Waals surface area contributed by atoms with Gasteiger partial charge in [0.15, 0.2) is 0 Å². The number of non-ortho nitro benzene ring substituents is 1. The summed E-state index contributed by atoms with van der Waals surface area (Å²) in [7, 11) is 0. The molecule has 0 saturated carbocycles. The first-order valence-corrected chi connectivity index (χ1v) is 18.6. The van der Waals surface area contributed by atoms with E-state index in [1.54, 1.807) is 0 Å². The van der Waals surface area contributed by atoms with Gasteiger partial charge in [-0.05, 0) is 0 Å². The van der Waals surface area contributed by atoms with E-state index in [4.69, 9.17) is 3.07 Å². The second-order valence-electron chi connectivity index (χ2n) is 8.30. The Morgan fingerprint density at radius 2 is 1.40 bits per heavy atom. The van der Waals surface area contributed by atoms with Crippen LogP contribution in [0.2, 0.25) is 13.3 Å². The maximum absolute atomic E-state index is 11.9. The Hall–Kier alpha value is -1.38. The fourth-order valence-corrected chi connectivity index (χ4v) is 17.2. The molecule has 0 aliphatic carbocycles. The van der Waals surface area contributed by atoms with Crippen molar-refractivity contribution in [3.05, 3.63) is 37.9 Å². The molecule has 0 bridgehead atoms. The summed E-state index contributed by atoms with van der Waals surface area (Å²) in [5, 5.41) is 23.3. The molecule has 0 spiro atoms. The molecule has 0 saturated heterocycles. The van der Waals surface area contributed by atoms with Gasteiger partial charge in [-0.25, -0.2) is 0 Å². The third-order valence-electron chi connectivity index (χ3n) is 5.91. The molecule has 1 atom stereocenters. The molecule has 0 aliphatic heterocycles. The molecule has 0 radical (unpaired) electrons. The third kappa shape index (κ3) is 7.39. The predicted molar refractivity (Wildman–Crippen MR) is 124 cm³/mol. The van der Waals surface area contributed by atoms with Crippen LogP contribution in [0.3, 0.4) is 0 Å². The molecule has 1 aromatic carbocycles. The zero-order chi connectivity index (χ0) is 22.7. The standard InChI is InChI=1S/C10H12N2O5.3C4H9.Sn/c1-3-6(2)8-4-7(11(14)15)5-9(10(8)13)12(16)17;3*1-3-4-2;/h4-6,13H,3H2,1-2H3;3*1,3-4H2,2H3;/q;;;;+1/p-1. The summed E-state index contributed by atoms with van der Waals surface area (Å²) in [6.07, 6.45) is 7.16. The van der Waals surface area contributed by atoms with Crippen LogP contribution in [0.15, 0.2) is 12.1 Å². The monoisotopic (exact) mass is 530 g/mol. The summed E-state index contributed by atoms with van der Waals surface area (Å²) < 4.78 is 9.96. The van der Waals surface area contributed by atoms with Crippen LogP contribution in [-0.2, 0) is 0 Å². The molecule has 0 amide bonds. The Morgan fingerprint density at radius 3 is 1.77 bits per heavy atom. The van der Waals surface area contributed by atoms with Gasteiger partial charge in [0.2, 0.25) is 0 Å². The van der Waals surface area contributed by atoms with Crippen LogP contribution in [0, 0.1) is 20.2 Å². The zero-order valence-electron chi connectivity index (χ0n) is 19.2. The molecule has 0 aliphatic rings. The third-order valence-corrected chi connectivity index (χ3v) is 18.6. The first-order valence-electron chi connectivity index (χ1n) is 11.4. The first kappa shape index (κ1) is 26.7. The number of hydrogen-bond donors (Lipinski definition) is 0. The second-order valence-corrected chi connectivity index (χ2v) is 19.9. The van der Waals surface area contributed by atoms with E-state index in [1.165, 1.54) is 6.07 Å². The number of nitro groups is 2. The van der Waals surface area contributed by atoms with Gasteiger partial charge < -0.3 is 0 Å². The van der Waals surface area contributed by atoms with Crippen LogP contribution in [0.1, 0.15) is 91.0 Å². The molecule has 8 heteroatoms. The molecule has 170 valence electrons. The van der Waals surface area contributed by atoms with Crippen LogP contribution in [0.5, 0.6) is 5.75 Å². The van der Waals surface area contributed by atoms with Crippen molar-refractivity contribution < 1.29 is 12.9 Å². The van der Waals surface area contributed by atoms with E-state index in [1.807, 2.05) is 13.8 Å². The molecule has 1 rings (SSSR count). The molecule has 0 aromatic heterocycles. The van der Waals surface area contributed by atoms with Crippen molar-refractivity contribution in [1.29, 1.82) is 0 Å². The average Bonchev–Trinajstić information content (AvgIpc) is 2.73. The number of nitro benzene ring substituents is 2. The van der Waals surface area contributed by atoms with Gasteiger partial charge in [0, 0.05) is 0 Å². The van der Waals surface area contributed by atoms with Gasteiger partial charge in [-0.2, -0.15) is 0 Å². The molecule has 1 aromatic rings. The van der Waals surface area contributed by atoms with Gasteiger partial charge >= 0.3 is 186 Å². The molecule has 0 heterocycles. The summed E-state index contributed by atoms with van der Waals surface area (Å²) in [4.78, 5) is 22.3. The SMILES string of the molecule is CCC[CH2][Sn]([CH2]CCC)([CH2]CCC)[O]c1c(C(C)CC)cc([N+](=O)[O-])cc1[N+](=O)[O-]. The zero-order valence-corrected chi connectivity index (χ0v) is 22.1. The Kier molecular flexibility index (Phi) is 11.7. The van der Waals surface area contributed by atoms with Crippen LogP contribution in [-0.4, -0.2) is 28.6 Å². The van der Waals surface area contributed by atoms with Crippen LogP contribution in [0.4, 0.5) is 11.4 Å². The fourth-order valence-electron chi connectivity index (χ4n) is 3.80. The Labute approximate surface area is 185 Å². The van der Waals surface area contributed by atoms with Crippen molar-refractivity contribution in [2.75, 3.05) is 0 Å². The van der Waals surface area contributed by atoms with E-state index < -0.39 is 28.6 Å². The summed E-state index contributed by atoms with van der Waals surface area (Å²) in [6, 6.07) is 2.57. The summed E-state index contributed by atoms with van der Waals surface area (Å²) >= 11 is -3.21. The van der Waals surface area contributed by atoms with E-state index in [0.717, 1.165) is 64.3 Å². The predicted octanol–water partition coefficient (Wildman–Crippen LogP) is 7.74. The van der Waals surface area contributed by atoms with E-state index >= 15 is 0 Å². The van der Waals surface area contributed by atoms with Crippen LogP contribution < -0.4 is 3.07 Å². The molecule has 30 heavy (non-hydrogen) atoms. The minimum atomic E-state index is -3.21. The molecule has 0 N–H and O–H groups in total. The topological polar surface area (TPSA) is 95.5 Å². The van der Waals surface area contributed by atoms with Crippen LogP contribution >= 0.6 is 0 Å². The van der Waals surface area contributed by atoms with E-state index in [0.29, 0.717) is 11.3 Å². The van der Waals surface area contributed by atoms with Gasteiger partial charge in [0.05, 0.1) is 0 Å². The number of nitrogens with zero attached hydrogens (tertiary/aromatic N) is 2. The number of hydrogen-bond acceptors (Lipinski definition) is 5. The summed E-state index contributed by atoms with van der Waals surface area (Å²) in [6.45, 7) is 10.4. The van der Waals surface area contributed by atoms with Crippen molar-refractivity contribution in [2.45, 2.75) is 98.8 Å². The normalized spacial score (nSPS) is 12.6. The van der Waals surface area contributed by atoms with Crippen molar-refractivity contribution in [1.82, 2.24) is 0 Å². The van der Waals surface area contributed by atoms with Gasteiger partial charge in [-0.1, -0.05) is 0 Å². The van der Waals surface area contributed by atoms with Crippen LogP contribution in [0.25, 0.3) is 0 Å². The molecule has 1 unspecified atom stereocenters. The molecule has 7 nitrogen and oxygen atoms in total. The van der Waals surface area contributed by atoms with Gasteiger partial charge in [0.25, 0.3) is 0 Å². The van der Waals surface area contributed by atoms with Crippen molar-refractivity contribution >= 4 is 30.2 Å². The summed E-state index contributed by atoms with van der Waals surface area (Å²) in [5.74, 6) is 0.269. The van der Waals surface area contributed by atoms with Gasteiger partial charge in [-0.3, -0.25) is 0 Å². The van der Waals surface area contributed by atoms with Crippen molar-refractivity contribution in [3.8, 4) is 5.75 Å². The van der Waals surface area contributed by atoms with E-state index in [2.05, 4.69) is 20.8 Å². The number of unbranched alkanes of at least 4 members (excludes halogenated alkanes) is 3. The van der Waals surface area contributed by atoms with Crippen molar-refractivity contribution in [3.63, 3.8) is 0 Å². The second kappa shape index (κ2) is 13.1. The Bertz CT molecular complexity index is 689. The molecule has 0 fully saturated rings. The Morgan fingerprint density at radius 1 is 0.900 bits per heavy atom. The number of benzene rings is 1. The number of rotatable bonds is 15. The van der Waals surface area contributed by atoms with E-state index in [9.17, 15) is 20.2 Å². The average molecular weight is 529 g/mol. The van der Waals surface area contributed by atoms with Gasteiger partial charge in [-0.15, -0.1) is 0 Å². The quantitative estimate of drug-likeness (QED) is 0.132. The maximum atomic E-state index is 11.9. The van der Waals surface area contributed by atoms with Crippen molar-refractivity contribution in [2.24, 2.45) is 0 Å². The first-order chi connectivity index (χ1) is 14.2.